The second-order valence-electron chi connectivity index (χ2n) is 6.29. The molecule has 2 rings (SSSR count). The number of nitrogens with zero attached hydrogens (tertiary/aromatic N) is 2. The third kappa shape index (κ3) is 2.81. The van der Waals surface area contributed by atoms with E-state index in [9.17, 15) is 9.59 Å². The smallest absolute Gasteiger partial charge is 0.308 e. The molecule has 0 bridgehead atoms. The molecule has 0 aliphatic carbocycles. The zero-order valence-electron chi connectivity index (χ0n) is 12.6. The van der Waals surface area contributed by atoms with Gasteiger partial charge < -0.3 is 10.6 Å². The lowest BCUT2D eigenvalue weighted by molar-refractivity contribution is -0.135. The summed E-state index contributed by atoms with van der Waals surface area (Å²) in [5.74, 6) is 0.00738. The van der Waals surface area contributed by atoms with Gasteiger partial charge in [-0.15, -0.1) is 0 Å². The molecule has 1 aliphatic rings. The maximum atomic E-state index is 12.4. The van der Waals surface area contributed by atoms with Crippen LogP contribution < -0.4 is 10.6 Å². The summed E-state index contributed by atoms with van der Waals surface area (Å²) in [5, 5.41) is 0. The lowest BCUT2D eigenvalue weighted by Gasteiger charge is -2.42. The van der Waals surface area contributed by atoms with Gasteiger partial charge in [0, 0.05) is 29.7 Å². The zero-order chi connectivity index (χ0) is 15.1. The van der Waals surface area contributed by atoms with Gasteiger partial charge in [0.1, 0.15) is 6.54 Å². The van der Waals surface area contributed by atoms with Crippen LogP contribution in [0.25, 0.3) is 0 Å². The van der Waals surface area contributed by atoms with Crippen molar-refractivity contribution >= 4 is 17.2 Å². The Balaban J connectivity index is 2.11. The van der Waals surface area contributed by atoms with Gasteiger partial charge in [-0.1, -0.05) is 25.2 Å². The SMILES string of the molecule is Cc1sc(=O)n(CC(=O)N2CCC(N)C(C)(C)C2)c1C. The minimum atomic E-state index is -0.0710. The Morgan fingerprint density at radius 1 is 1.45 bits per heavy atom. The lowest BCUT2D eigenvalue weighted by Crippen LogP contribution is -2.54. The maximum absolute atomic E-state index is 12.4. The summed E-state index contributed by atoms with van der Waals surface area (Å²) < 4.78 is 1.57. The van der Waals surface area contributed by atoms with E-state index in [1.165, 1.54) is 11.3 Å². The molecular formula is C14H23N3O2S. The third-order valence-electron chi connectivity index (χ3n) is 4.33. The Morgan fingerprint density at radius 3 is 2.60 bits per heavy atom. The average Bonchev–Trinajstić information content (AvgIpc) is 2.59. The van der Waals surface area contributed by atoms with Crippen molar-refractivity contribution in [3.63, 3.8) is 0 Å². The first-order valence-corrected chi connectivity index (χ1v) is 7.74. The molecule has 20 heavy (non-hydrogen) atoms. The van der Waals surface area contributed by atoms with Crippen LogP contribution in [0.15, 0.2) is 4.79 Å². The first-order chi connectivity index (χ1) is 9.22. The molecule has 5 nitrogen and oxygen atoms in total. The van der Waals surface area contributed by atoms with Crippen LogP contribution in [0.5, 0.6) is 0 Å². The van der Waals surface area contributed by atoms with E-state index in [2.05, 4.69) is 13.8 Å². The average molecular weight is 297 g/mol. The normalized spacial score (nSPS) is 22.1. The predicted molar refractivity (Wildman–Crippen MR) is 81.0 cm³/mol. The highest BCUT2D eigenvalue weighted by molar-refractivity contribution is 7.09. The van der Waals surface area contributed by atoms with Crippen molar-refractivity contribution in [2.45, 2.75) is 46.7 Å². The predicted octanol–water partition coefficient (Wildman–Crippen LogP) is 1.11. The molecule has 1 saturated heterocycles. The van der Waals surface area contributed by atoms with Crippen molar-refractivity contribution in [3.8, 4) is 0 Å². The number of amides is 1. The van der Waals surface area contributed by atoms with E-state index in [1.807, 2.05) is 18.7 Å². The van der Waals surface area contributed by atoms with E-state index in [0.29, 0.717) is 13.1 Å². The van der Waals surface area contributed by atoms with Crippen molar-refractivity contribution in [2.24, 2.45) is 11.1 Å². The van der Waals surface area contributed by atoms with Crippen LogP contribution >= 0.6 is 11.3 Å². The van der Waals surface area contributed by atoms with Crippen molar-refractivity contribution in [2.75, 3.05) is 13.1 Å². The molecule has 1 aliphatic heterocycles. The Hall–Kier alpha value is -1.14. The van der Waals surface area contributed by atoms with Crippen molar-refractivity contribution in [3.05, 3.63) is 20.2 Å². The minimum absolute atomic E-state index is 0.00738. The van der Waals surface area contributed by atoms with Gasteiger partial charge in [0.05, 0.1) is 0 Å². The third-order valence-corrected chi connectivity index (χ3v) is 5.33. The lowest BCUT2D eigenvalue weighted by atomic mass is 9.79. The molecule has 1 atom stereocenters. The van der Waals surface area contributed by atoms with E-state index in [-0.39, 0.29) is 28.8 Å². The molecule has 0 spiro atoms. The highest BCUT2D eigenvalue weighted by Crippen LogP contribution is 2.27. The number of rotatable bonds is 2. The molecule has 1 aromatic rings. The molecule has 0 radical (unpaired) electrons. The van der Waals surface area contributed by atoms with Gasteiger partial charge in [-0.3, -0.25) is 14.2 Å². The van der Waals surface area contributed by atoms with Gasteiger partial charge in [0.15, 0.2) is 0 Å². The number of aromatic nitrogens is 1. The van der Waals surface area contributed by atoms with Gasteiger partial charge >= 0.3 is 4.87 Å². The van der Waals surface area contributed by atoms with E-state index >= 15 is 0 Å². The zero-order valence-corrected chi connectivity index (χ0v) is 13.4. The molecule has 2 heterocycles. The molecule has 0 aromatic carbocycles. The van der Waals surface area contributed by atoms with Gasteiger partial charge in [-0.05, 0) is 25.7 Å². The number of piperidine rings is 1. The van der Waals surface area contributed by atoms with Crippen LogP contribution in [0.2, 0.25) is 0 Å². The van der Waals surface area contributed by atoms with Crippen molar-refractivity contribution < 1.29 is 4.79 Å². The molecule has 2 N–H and O–H groups in total. The molecule has 0 saturated carbocycles. The number of carbonyl (C=O) groups excluding carboxylic acids is 1. The van der Waals surface area contributed by atoms with Gasteiger partial charge in [-0.25, -0.2) is 0 Å². The van der Waals surface area contributed by atoms with Crippen LogP contribution in [0.4, 0.5) is 0 Å². The number of aryl methyl sites for hydroxylation is 1. The fraction of sp³-hybridized carbons (Fsp3) is 0.714. The second kappa shape index (κ2) is 5.33. The number of likely N-dealkylation sites (tertiary alicyclic amines) is 1. The maximum Gasteiger partial charge on any atom is 0.308 e. The molecule has 1 amide bonds. The van der Waals surface area contributed by atoms with E-state index in [0.717, 1.165) is 17.0 Å². The summed E-state index contributed by atoms with van der Waals surface area (Å²) in [6, 6.07) is 0.124. The topological polar surface area (TPSA) is 68.3 Å². The highest BCUT2D eigenvalue weighted by atomic mass is 32.1. The fourth-order valence-electron chi connectivity index (χ4n) is 2.59. The molecule has 112 valence electrons. The first-order valence-electron chi connectivity index (χ1n) is 6.92. The molecular weight excluding hydrogens is 274 g/mol. The quantitative estimate of drug-likeness (QED) is 0.889. The highest BCUT2D eigenvalue weighted by Gasteiger charge is 2.35. The monoisotopic (exact) mass is 297 g/mol. The van der Waals surface area contributed by atoms with E-state index in [1.54, 1.807) is 4.57 Å². The molecule has 1 aromatic heterocycles. The number of nitrogens with two attached hydrogens (primary N) is 1. The summed E-state index contributed by atoms with van der Waals surface area (Å²) in [6.45, 7) is 9.44. The molecule has 1 unspecified atom stereocenters. The van der Waals surface area contributed by atoms with Crippen molar-refractivity contribution in [1.29, 1.82) is 0 Å². The van der Waals surface area contributed by atoms with Crippen LogP contribution in [0, 0.1) is 19.3 Å². The second-order valence-corrected chi connectivity index (χ2v) is 7.46. The Kier molecular flexibility index (Phi) is 4.07. The fourth-order valence-corrected chi connectivity index (χ4v) is 3.42. The Labute approximate surface area is 123 Å². The number of hydrogen-bond donors (Lipinski definition) is 1. The van der Waals surface area contributed by atoms with E-state index < -0.39 is 0 Å². The minimum Gasteiger partial charge on any atom is -0.340 e. The summed E-state index contributed by atoms with van der Waals surface area (Å²) >= 11 is 1.20. The summed E-state index contributed by atoms with van der Waals surface area (Å²) in [7, 11) is 0. The van der Waals surface area contributed by atoms with E-state index in [4.69, 9.17) is 5.73 Å². The van der Waals surface area contributed by atoms with Gasteiger partial charge in [0.2, 0.25) is 5.91 Å². The van der Waals surface area contributed by atoms with Crippen LogP contribution in [0.3, 0.4) is 0 Å². The molecule has 6 heteroatoms. The summed E-state index contributed by atoms with van der Waals surface area (Å²) in [4.78, 5) is 27.0. The molecule has 1 fully saturated rings. The van der Waals surface area contributed by atoms with Gasteiger partial charge in [-0.2, -0.15) is 0 Å². The number of hydrogen-bond acceptors (Lipinski definition) is 4. The van der Waals surface area contributed by atoms with Crippen LogP contribution in [-0.2, 0) is 11.3 Å². The Bertz CT molecular complexity index is 573. The number of thiazole rings is 1. The van der Waals surface area contributed by atoms with Crippen molar-refractivity contribution in [1.82, 2.24) is 9.47 Å². The van der Waals surface area contributed by atoms with Gasteiger partial charge in [0.25, 0.3) is 0 Å². The standard InChI is InChI=1S/C14H23N3O2S/c1-9-10(2)20-13(19)17(9)7-12(18)16-6-5-11(15)14(3,4)8-16/h11H,5-8,15H2,1-4H3. The first kappa shape index (κ1) is 15.3. The largest absolute Gasteiger partial charge is 0.340 e. The number of carbonyl (C=O) groups is 1. The summed E-state index contributed by atoms with van der Waals surface area (Å²) in [6.07, 6.45) is 0.815. The summed E-state index contributed by atoms with van der Waals surface area (Å²) in [5.41, 5.74) is 6.91. The Morgan fingerprint density at radius 2 is 2.10 bits per heavy atom. The van der Waals surface area contributed by atoms with Crippen LogP contribution in [-0.4, -0.2) is 34.5 Å². The van der Waals surface area contributed by atoms with Crippen LogP contribution in [0.1, 0.15) is 30.8 Å².